The summed E-state index contributed by atoms with van der Waals surface area (Å²) in [5.74, 6) is 1.31. The summed E-state index contributed by atoms with van der Waals surface area (Å²) in [6.45, 7) is 1.89. The highest BCUT2D eigenvalue weighted by Gasteiger charge is 2.17. The number of aromatic nitrogens is 5. The summed E-state index contributed by atoms with van der Waals surface area (Å²) in [5.41, 5.74) is 3.09. The lowest BCUT2D eigenvalue weighted by molar-refractivity contribution is 0.102. The van der Waals surface area contributed by atoms with E-state index >= 15 is 0 Å². The van der Waals surface area contributed by atoms with Gasteiger partial charge in [0.1, 0.15) is 17.2 Å². The van der Waals surface area contributed by atoms with Gasteiger partial charge in [-0.05, 0) is 37.3 Å². The normalized spacial score (nSPS) is 10.8. The molecule has 0 aliphatic rings. The van der Waals surface area contributed by atoms with Crippen molar-refractivity contribution in [2.45, 2.75) is 6.92 Å². The predicted molar refractivity (Wildman–Crippen MR) is 104 cm³/mol. The van der Waals surface area contributed by atoms with Crippen LogP contribution in [-0.2, 0) is 0 Å². The number of nitrogens with one attached hydrogen (secondary N) is 3. The van der Waals surface area contributed by atoms with E-state index in [2.05, 4.69) is 30.7 Å². The molecule has 4 rings (SSSR count). The van der Waals surface area contributed by atoms with Gasteiger partial charge >= 0.3 is 0 Å². The first-order valence-electron chi connectivity index (χ1n) is 8.50. The van der Waals surface area contributed by atoms with Crippen molar-refractivity contribution >= 4 is 22.8 Å². The van der Waals surface area contributed by atoms with Crippen molar-refractivity contribution in [3.8, 4) is 22.8 Å². The van der Waals surface area contributed by atoms with Crippen LogP contribution in [0.4, 0.5) is 5.82 Å². The van der Waals surface area contributed by atoms with Gasteiger partial charge in [-0.2, -0.15) is 10.2 Å². The number of nitrogens with zero attached hydrogens (tertiary/aromatic N) is 3. The molecule has 4 aromatic rings. The molecule has 1 amide bonds. The van der Waals surface area contributed by atoms with Crippen molar-refractivity contribution in [2.24, 2.45) is 0 Å². The standard InChI is InChI=1S/C19H18N6O3/c1-10-4-6-13-17(20-10)24-25-18(13)21-19(26)15-9-14(22-23-15)12-7-5-11(27-2)8-16(12)28-3/h4-9H,1-3H3,(H,22,23)(H2,20,21,24,25,26). The van der Waals surface area contributed by atoms with Crippen LogP contribution in [0.5, 0.6) is 11.5 Å². The Balaban J connectivity index is 1.59. The lowest BCUT2D eigenvalue weighted by Gasteiger charge is -2.08. The van der Waals surface area contributed by atoms with Crippen LogP contribution in [0.3, 0.4) is 0 Å². The first-order chi connectivity index (χ1) is 13.6. The number of carbonyl (C=O) groups excluding carboxylic acids is 1. The summed E-state index contributed by atoms with van der Waals surface area (Å²) in [5, 5.41) is 17.4. The highest BCUT2D eigenvalue weighted by Crippen LogP contribution is 2.32. The van der Waals surface area contributed by atoms with E-state index < -0.39 is 0 Å². The molecule has 0 spiro atoms. The summed E-state index contributed by atoms with van der Waals surface area (Å²) in [4.78, 5) is 17.0. The molecule has 142 valence electrons. The van der Waals surface area contributed by atoms with E-state index in [9.17, 15) is 4.79 Å². The van der Waals surface area contributed by atoms with Gasteiger partial charge in [-0.3, -0.25) is 15.0 Å². The lowest BCUT2D eigenvalue weighted by atomic mass is 10.1. The summed E-state index contributed by atoms with van der Waals surface area (Å²) in [6.07, 6.45) is 0. The predicted octanol–water partition coefficient (Wildman–Crippen LogP) is 2.93. The summed E-state index contributed by atoms with van der Waals surface area (Å²) in [6, 6.07) is 10.8. The molecule has 3 heterocycles. The second kappa shape index (κ2) is 7.03. The fourth-order valence-electron chi connectivity index (χ4n) is 2.86. The first kappa shape index (κ1) is 17.5. The Labute approximate surface area is 160 Å². The van der Waals surface area contributed by atoms with Crippen molar-refractivity contribution in [3.63, 3.8) is 0 Å². The molecule has 0 aliphatic carbocycles. The van der Waals surface area contributed by atoms with Crippen LogP contribution in [0, 0.1) is 6.92 Å². The average molecular weight is 378 g/mol. The van der Waals surface area contributed by atoms with Gasteiger partial charge in [0.25, 0.3) is 5.91 Å². The monoisotopic (exact) mass is 378 g/mol. The van der Waals surface area contributed by atoms with Gasteiger partial charge in [0.2, 0.25) is 0 Å². The summed E-state index contributed by atoms with van der Waals surface area (Å²) in [7, 11) is 3.15. The number of rotatable bonds is 5. The van der Waals surface area contributed by atoms with Crippen LogP contribution in [0.2, 0.25) is 0 Å². The number of anilines is 1. The lowest BCUT2D eigenvalue weighted by Crippen LogP contribution is -2.12. The quantitative estimate of drug-likeness (QED) is 0.491. The summed E-state index contributed by atoms with van der Waals surface area (Å²) >= 11 is 0. The minimum atomic E-state index is -0.361. The number of H-pyrrole nitrogens is 2. The molecule has 9 heteroatoms. The molecule has 1 aromatic carbocycles. The first-order valence-corrected chi connectivity index (χ1v) is 8.50. The van der Waals surface area contributed by atoms with Gasteiger partial charge < -0.3 is 14.8 Å². The van der Waals surface area contributed by atoms with Gasteiger partial charge in [0, 0.05) is 17.3 Å². The smallest absolute Gasteiger partial charge is 0.274 e. The molecule has 9 nitrogen and oxygen atoms in total. The van der Waals surface area contributed by atoms with E-state index in [0.717, 1.165) is 16.6 Å². The molecule has 0 saturated carbocycles. The fraction of sp³-hybridized carbons (Fsp3) is 0.158. The Kier molecular flexibility index (Phi) is 4.40. The highest BCUT2D eigenvalue weighted by molar-refractivity contribution is 6.06. The Hall–Kier alpha value is -3.88. The molecule has 28 heavy (non-hydrogen) atoms. The topological polar surface area (TPSA) is 118 Å². The second-order valence-electron chi connectivity index (χ2n) is 6.11. The zero-order valence-corrected chi connectivity index (χ0v) is 15.5. The number of aromatic amines is 2. The number of benzene rings is 1. The van der Waals surface area contributed by atoms with Crippen LogP contribution in [0.15, 0.2) is 36.4 Å². The zero-order chi connectivity index (χ0) is 19.7. The number of hydrogen-bond donors (Lipinski definition) is 3. The maximum Gasteiger partial charge on any atom is 0.274 e. The molecule has 0 radical (unpaired) electrons. The Morgan fingerprint density at radius 2 is 1.89 bits per heavy atom. The number of amides is 1. The number of methoxy groups -OCH3 is 2. The third-order valence-corrected chi connectivity index (χ3v) is 4.30. The number of pyridine rings is 1. The molecule has 0 unspecified atom stereocenters. The van der Waals surface area contributed by atoms with Crippen LogP contribution >= 0.6 is 0 Å². The molecule has 0 aliphatic heterocycles. The number of aryl methyl sites for hydroxylation is 1. The minimum absolute atomic E-state index is 0.295. The van der Waals surface area contributed by atoms with Crippen LogP contribution < -0.4 is 14.8 Å². The number of hydrogen-bond acceptors (Lipinski definition) is 6. The van der Waals surface area contributed by atoms with Crippen molar-refractivity contribution in [2.75, 3.05) is 19.5 Å². The molecule has 0 atom stereocenters. The Morgan fingerprint density at radius 1 is 1.04 bits per heavy atom. The van der Waals surface area contributed by atoms with Gasteiger partial charge in [-0.15, -0.1) is 0 Å². The van der Waals surface area contributed by atoms with Gasteiger partial charge in [-0.25, -0.2) is 4.98 Å². The number of fused-ring (bicyclic) bond motifs is 1. The molecule has 0 saturated heterocycles. The van der Waals surface area contributed by atoms with E-state index in [-0.39, 0.29) is 5.91 Å². The Bertz CT molecular complexity index is 1160. The van der Waals surface area contributed by atoms with Gasteiger partial charge in [0.15, 0.2) is 11.5 Å². The van der Waals surface area contributed by atoms with E-state index in [0.29, 0.717) is 34.4 Å². The molecule has 0 bridgehead atoms. The number of ether oxygens (including phenoxy) is 2. The average Bonchev–Trinajstić information content (AvgIpc) is 3.35. The van der Waals surface area contributed by atoms with E-state index in [4.69, 9.17) is 9.47 Å². The van der Waals surface area contributed by atoms with Crippen LogP contribution in [0.25, 0.3) is 22.3 Å². The summed E-state index contributed by atoms with van der Waals surface area (Å²) < 4.78 is 10.6. The van der Waals surface area contributed by atoms with E-state index in [1.807, 2.05) is 25.1 Å². The van der Waals surface area contributed by atoms with Crippen LogP contribution in [0.1, 0.15) is 16.2 Å². The molecular weight excluding hydrogens is 360 g/mol. The van der Waals surface area contributed by atoms with Crippen molar-refractivity contribution < 1.29 is 14.3 Å². The third-order valence-electron chi connectivity index (χ3n) is 4.30. The maximum absolute atomic E-state index is 12.6. The largest absolute Gasteiger partial charge is 0.497 e. The molecule has 0 fully saturated rings. The minimum Gasteiger partial charge on any atom is -0.497 e. The SMILES string of the molecule is COc1ccc(-c2cc(C(=O)Nc3n[nH]c4nc(C)ccc34)[nH]n2)c(OC)c1. The van der Waals surface area contributed by atoms with Crippen LogP contribution in [-0.4, -0.2) is 45.5 Å². The van der Waals surface area contributed by atoms with E-state index in [1.165, 1.54) is 0 Å². The number of carbonyl (C=O) groups is 1. The third kappa shape index (κ3) is 3.13. The van der Waals surface area contributed by atoms with Gasteiger partial charge in [0.05, 0.1) is 25.3 Å². The Morgan fingerprint density at radius 3 is 2.68 bits per heavy atom. The maximum atomic E-state index is 12.6. The van der Waals surface area contributed by atoms with Gasteiger partial charge in [-0.1, -0.05) is 0 Å². The molecule has 3 N–H and O–H groups in total. The van der Waals surface area contributed by atoms with Crippen molar-refractivity contribution in [3.05, 3.63) is 47.8 Å². The fourth-order valence-corrected chi connectivity index (χ4v) is 2.86. The highest BCUT2D eigenvalue weighted by atomic mass is 16.5. The zero-order valence-electron chi connectivity index (χ0n) is 15.5. The van der Waals surface area contributed by atoms with E-state index in [1.54, 1.807) is 32.4 Å². The molecular formula is C19H18N6O3. The molecule has 3 aromatic heterocycles. The van der Waals surface area contributed by atoms with Crippen molar-refractivity contribution in [1.82, 2.24) is 25.4 Å². The second-order valence-corrected chi connectivity index (χ2v) is 6.11. The van der Waals surface area contributed by atoms with Crippen molar-refractivity contribution in [1.29, 1.82) is 0 Å².